The van der Waals surface area contributed by atoms with Crippen LogP contribution in [0.15, 0.2) is 47.4 Å². The lowest BCUT2D eigenvalue weighted by Gasteiger charge is -2.34. The van der Waals surface area contributed by atoms with Crippen LogP contribution < -0.4 is 4.74 Å². The molecule has 8 nitrogen and oxygen atoms in total. The van der Waals surface area contributed by atoms with E-state index >= 15 is 0 Å². The average Bonchev–Trinajstić information content (AvgIpc) is 2.79. The highest BCUT2D eigenvalue weighted by Gasteiger charge is 2.30. The maximum absolute atomic E-state index is 12.9. The Balaban J connectivity index is 1.52. The van der Waals surface area contributed by atoms with Gasteiger partial charge in [-0.3, -0.25) is 4.79 Å². The van der Waals surface area contributed by atoms with Gasteiger partial charge in [0.2, 0.25) is 10.0 Å². The molecule has 0 unspecified atom stereocenters. The summed E-state index contributed by atoms with van der Waals surface area (Å²) in [6, 6.07) is 11.5. The fourth-order valence-corrected chi connectivity index (χ4v) is 4.85. The van der Waals surface area contributed by atoms with Crippen molar-refractivity contribution in [2.45, 2.75) is 25.7 Å². The van der Waals surface area contributed by atoms with Gasteiger partial charge in [-0.25, -0.2) is 13.2 Å². The Hall–Kier alpha value is -2.91. The van der Waals surface area contributed by atoms with Gasteiger partial charge in [0.15, 0.2) is 6.61 Å². The molecule has 9 heteroatoms. The van der Waals surface area contributed by atoms with E-state index in [9.17, 15) is 18.0 Å². The number of sulfonamides is 1. The molecular formula is C23H28N2O6S. The van der Waals surface area contributed by atoms with Crippen molar-refractivity contribution < 1.29 is 27.5 Å². The molecule has 172 valence electrons. The van der Waals surface area contributed by atoms with Crippen LogP contribution >= 0.6 is 0 Å². The Labute approximate surface area is 188 Å². The van der Waals surface area contributed by atoms with Gasteiger partial charge in [-0.1, -0.05) is 6.07 Å². The van der Waals surface area contributed by atoms with Crippen LogP contribution in [0.3, 0.4) is 0 Å². The monoisotopic (exact) mass is 460 g/mol. The molecule has 1 saturated heterocycles. The van der Waals surface area contributed by atoms with E-state index in [1.165, 1.54) is 4.31 Å². The van der Waals surface area contributed by atoms with E-state index in [1.807, 2.05) is 13.8 Å². The van der Waals surface area contributed by atoms with E-state index in [0.717, 1.165) is 11.1 Å². The van der Waals surface area contributed by atoms with Crippen LogP contribution in [0.4, 0.5) is 0 Å². The first-order chi connectivity index (χ1) is 15.2. The standard InChI is InChI=1S/C23H28N2O6S/c1-4-30-23(27)19-6-8-20(9-7-19)31-16-22(26)24-11-13-25(14-12-24)32(28,29)21-10-5-17(2)18(3)15-21/h5-10,15H,4,11-14,16H2,1-3H3. The molecule has 0 atom stereocenters. The molecule has 0 radical (unpaired) electrons. The summed E-state index contributed by atoms with van der Waals surface area (Å²) < 4.78 is 37.7. The molecule has 3 rings (SSSR count). The van der Waals surface area contributed by atoms with E-state index in [-0.39, 0.29) is 30.5 Å². The van der Waals surface area contributed by atoms with E-state index in [4.69, 9.17) is 9.47 Å². The minimum Gasteiger partial charge on any atom is -0.484 e. The lowest BCUT2D eigenvalue weighted by Crippen LogP contribution is -2.51. The van der Waals surface area contributed by atoms with Crippen LogP contribution in [0.25, 0.3) is 0 Å². The zero-order valence-corrected chi connectivity index (χ0v) is 19.4. The molecule has 1 heterocycles. The highest BCUT2D eigenvalue weighted by molar-refractivity contribution is 7.89. The maximum Gasteiger partial charge on any atom is 0.338 e. The smallest absolute Gasteiger partial charge is 0.338 e. The fourth-order valence-electron chi connectivity index (χ4n) is 3.34. The van der Waals surface area contributed by atoms with Gasteiger partial charge in [-0.2, -0.15) is 4.31 Å². The zero-order valence-electron chi connectivity index (χ0n) is 18.5. The summed E-state index contributed by atoms with van der Waals surface area (Å²) in [7, 11) is -3.59. The first kappa shape index (κ1) is 23.7. The van der Waals surface area contributed by atoms with Crippen LogP contribution in [0.5, 0.6) is 5.75 Å². The van der Waals surface area contributed by atoms with Crippen molar-refractivity contribution in [3.8, 4) is 5.75 Å². The molecule has 0 saturated carbocycles. The van der Waals surface area contributed by atoms with Gasteiger partial charge >= 0.3 is 5.97 Å². The number of hydrogen-bond donors (Lipinski definition) is 0. The molecule has 2 aromatic rings. The Morgan fingerprint density at radius 1 is 0.938 bits per heavy atom. The topological polar surface area (TPSA) is 93.2 Å². The number of rotatable bonds is 7. The normalized spacial score (nSPS) is 14.8. The molecule has 1 fully saturated rings. The Morgan fingerprint density at radius 2 is 1.59 bits per heavy atom. The third kappa shape index (κ3) is 5.46. The Bertz CT molecular complexity index is 1070. The van der Waals surface area contributed by atoms with Crippen molar-refractivity contribution in [2.75, 3.05) is 39.4 Å². The molecule has 2 aromatic carbocycles. The number of amides is 1. The fraction of sp³-hybridized carbons (Fsp3) is 0.391. The number of aryl methyl sites for hydroxylation is 2. The molecule has 1 aliphatic rings. The Morgan fingerprint density at radius 3 is 2.19 bits per heavy atom. The van der Waals surface area contributed by atoms with Crippen molar-refractivity contribution in [2.24, 2.45) is 0 Å². The quantitative estimate of drug-likeness (QED) is 0.589. The van der Waals surface area contributed by atoms with Crippen LogP contribution in [0.1, 0.15) is 28.4 Å². The minimum absolute atomic E-state index is 0.164. The third-order valence-corrected chi connectivity index (χ3v) is 7.33. The van der Waals surface area contributed by atoms with Gasteiger partial charge in [0.05, 0.1) is 17.1 Å². The summed E-state index contributed by atoms with van der Waals surface area (Å²) in [5.41, 5.74) is 2.37. The molecule has 0 bridgehead atoms. The summed E-state index contributed by atoms with van der Waals surface area (Å²) in [4.78, 5) is 26.0. The van der Waals surface area contributed by atoms with Gasteiger partial charge in [0.25, 0.3) is 5.91 Å². The Kier molecular flexibility index (Phi) is 7.52. The van der Waals surface area contributed by atoms with Crippen molar-refractivity contribution in [3.63, 3.8) is 0 Å². The molecule has 1 amide bonds. The minimum atomic E-state index is -3.59. The molecule has 32 heavy (non-hydrogen) atoms. The van der Waals surface area contributed by atoms with Gasteiger partial charge in [0.1, 0.15) is 5.75 Å². The van der Waals surface area contributed by atoms with Crippen LogP contribution in [0.2, 0.25) is 0 Å². The SMILES string of the molecule is CCOC(=O)c1ccc(OCC(=O)N2CCN(S(=O)(=O)c3ccc(C)c(C)c3)CC2)cc1. The zero-order chi connectivity index (χ0) is 23.3. The second-order valence-electron chi connectivity index (χ2n) is 7.56. The number of piperazine rings is 1. The molecule has 0 aliphatic carbocycles. The summed E-state index contributed by atoms with van der Waals surface area (Å²) in [5.74, 6) is -0.172. The van der Waals surface area contributed by atoms with E-state index in [0.29, 0.717) is 31.0 Å². The molecule has 0 aromatic heterocycles. The molecule has 1 aliphatic heterocycles. The van der Waals surface area contributed by atoms with Gasteiger partial charge in [-0.15, -0.1) is 0 Å². The lowest BCUT2D eigenvalue weighted by atomic mass is 10.1. The maximum atomic E-state index is 12.9. The molecular weight excluding hydrogens is 432 g/mol. The second-order valence-corrected chi connectivity index (χ2v) is 9.50. The molecule has 0 spiro atoms. The first-order valence-corrected chi connectivity index (χ1v) is 11.9. The lowest BCUT2D eigenvalue weighted by molar-refractivity contribution is -0.134. The predicted molar refractivity (Wildman–Crippen MR) is 119 cm³/mol. The van der Waals surface area contributed by atoms with Gasteiger partial charge < -0.3 is 14.4 Å². The number of ether oxygens (including phenoxy) is 2. The highest BCUT2D eigenvalue weighted by Crippen LogP contribution is 2.21. The average molecular weight is 461 g/mol. The first-order valence-electron chi connectivity index (χ1n) is 10.5. The molecule has 0 N–H and O–H groups in total. The third-order valence-electron chi connectivity index (χ3n) is 5.44. The number of carbonyl (C=O) groups excluding carboxylic acids is 2. The number of benzene rings is 2. The predicted octanol–water partition coefficient (Wildman–Crippen LogP) is 2.39. The van der Waals surface area contributed by atoms with Crippen molar-refractivity contribution in [1.82, 2.24) is 9.21 Å². The summed E-state index contributed by atoms with van der Waals surface area (Å²) in [5, 5.41) is 0. The van der Waals surface area contributed by atoms with Gasteiger partial charge in [-0.05, 0) is 68.3 Å². The van der Waals surface area contributed by atoms with E-state index in [1.54, 1.807) is 54.3 Å². The largest absolute Gasteiger partial charge is 0.484 e. The number of carbonyl (C=O) groups is 2. The number of nitrogens with zero attached hydrogens (tertiary/aromatic N) is 2. The highest BCUT2D eigenvalue weighted by atomic mass is 32.2. The van der Waals surface area contributed by atoms with E-state index in [2.05, 4.69) is 0 Å². The van der Waals surface area contributed by atoms with Crippen LogP contribution in [0, 0.1) is 13.8 Å². The van der Waals surface area contributed by atoms with Crippen molar-refractivity contribution >= 4 is 21.9 Å². The summed E-state index contributed by atoms with van der Waals surface area (Å²) in [6.45, 7) is 6.75. The van der Waals surface area contributed by atoms with Crippen molar-refractivity contribution in [1.29, 1.82) is 0 Å². The van der Waals surface area contributed by atoms with Gasteiger partial charge in [0, 0.05) is 26.2 Å². The van der Waals surface area contributed by atoms with E-state index < -0.39 is 16.0 Å². The van der Waals surface area contributed by atoms with Crippen LogP contribution in [-0.4, -0.2) is 68.9 Å². The number of hydrogen-bond acceptors (Lipinski definition) is 6. The number of esters is 1. The van der Waals surface area contributed by atoms with Crippen molar-refractivity contribution in [3.05, 3.63) is 59.2 Å². The van der Waals surface area contributed by atoms with Crippen LogP contribution in [-0.2, 0) is 19.6 Å². The summed E-state index contributed by atoms with van der Waals surface area (Å²) in [6.07, 6.45) is 0. The second kappa shape index (κ2) is 10.1. The summed E-state index contributed by atoms with van der Waals surface area (Å²) >= 11 is 0.